The highest BCUT2D eigenvalue weighted by molar-refractivity contribution is 6.12. The minimum absolute atomic E-state index is 0.132. The number of pyridine rings is 1. The van der Waals surface area contributed by atoms with E-state index in [4.69, 9.17) is 0 Å². The molecule has 3 rings (SSSR count). The zero-order valence-corrected chi connectivity index (χ0v) is 10.1. The van der Waals surface area contributed by atoms with E-state index in [2.05, 4.69) is 10.3 Å². The number of hydrogen-bond donors (Lipinski definition) is 1. The van der Waals surface area contributed by atoms with Crippen molar-refractivity contribution in [3.8, 4) is 0 Å². The first-order valence-electron chi connectivity index (χ1n) is 5.67. The van der Waals surface area contributed by atoms with Crippen molar-refractivity contribution >= 4 is 23.3 Å². The summed E-state index contributed by atoms with van der Waals surface area (Å²) in [7, 11) is 0. The summed E-state index contributed by atoms with van der Waals surface area (Å²) in [6, 6.07) is 4.67. The molecule has 1 N–H and O–H groups in total. The van der Waals surface area contributed by atoms with Crippen LogP contribution in [0.5, 0.6) is 0 Å². The molecule has 0 radical (unpaired) electrons. The molecule has 2 aromatic heterocycles. The number of imide groups is 1. The normalized spacial score (nSPS) is 15.1. The van der Waals surface area contributed by atoms with Gasteiger partial charge in [0, 0.05) is 6.20 Å². The Morgan fingerprint density at radius 2 is 2.05 bits per heavy atom. The number of nitrogens with one attached hydrogen (secondary N) is 1. The Labute approximate surface area is 107 Å². The van der Waals surface area contributed by atoms with Crippen LogP contribution < -0.4 is 15.8 Å². The van der Waals surface area contributed by atoms with Crippen molar-refractivity contribution < 1.29 is 9.59 Å². The van der Waals surface area contributed by atoms with Crippen LogP contribution in [0.1, 0.15) is 5.69 Å². The Morgan fingerprint density at radius 3 is 2.74 bits per heavy atom. The van der Waals surface area contributed by atoms with Gasteiger partial charge in [0.05, 0.1) is 5.69 Å². The van der Waals surface area contributed by atoms with Gasteiger partial charge in [-0.1, -0.05) is 6.07 Å². The van der Waals surface area contributed by atoms with Crippen molar-refractivity contribution in [2.45, 2.75) is 6.92 Å². The molecule has 1 fully saturated rings. The van der Waals surface area contributed by atoms with Crippen molar-refractivity contribution in [3.63, 3.8) is 0 Å². The smallest absolute Gasteiger partial charge is 0.303 e. The molecule has 0 aliphatic carbocycles. The minimum Gasteiger partial charge on any atom is -0.303 e. The van der Waals surface area contributed by atoms with Crippen LogP contribution in [0.4, 0.5) is 10.5 Å². The van der Waals surface area contributed by atoms with Crippen molar-refractivity contribution in [3.05, 3.63) is 40.4 Å². The van der Waals surface area contributed by atoms with Gasteiger partial charge in [-0.2, -0.15) is 4.98 Å². The number of fused-ring (bicyclic) bond motifs is 1. The minimum atomic E-state index is -0.595. The van der Waals surface area contributed by atoms with Gasteiger partial charge in [0.1, 0.15) is 17.9 Å². The number of urea groups is 1. The highest BCUT2D eigenvalue weighted by atomic mass is 16.2. The lowest BCUT2D eigenvalue weighted by molar-refractivity contribution is -0.117. The zero-order chi connectivity index (χ0) is 13.6. The molecule has 3 amide bonds. The van der Waals surface area contributed by atoms with Gasteiger partial charge in [-0.25, -0.2) is 4.79 Å². The monoisotopic (exact) mass is 258 g/mol. The molecule has 19 heavy (non-hydrogen) atoms. The van der Waals surface area contributed by atoms with Crippen LogP contribution in [0, 0.1) is 6.92 Å². The van der Waals surface area contributed by atoms with Gasteiger partial charge in [0.25, 0.3) is 5.56 Å². The van der Waals surface area contributed by atoms with Crippen LogP contribution in [0.2, 0.25) is 0 Å². The Kier molecular flexibility index (Phi) is 2.34. The van der Waals surface area contributed by atoms with Crippen LogP contribution in [0.25, 0.3) is 5.65 Å². The lowest BCUT2D eigenvalue weighted by atomic mass is 10.3. The van der Waals surface area contributed by atoms with E-state index in [1.165, 1.54) is 0 Å². The molecule has 1 aliphatic heterocycles. The molecule has 0 spiro atoms. The average Bonchev–Trinajstić information content (AvgIpc) is 2.68. The van der Waals surface area contributed by atoms with E-state index in [9.17, 15) is 14.4 Å². The second kappa shape index (κ2) is 3.91. The summed E-state index contributed by atoms with van der Waals surface area (Å²) in [4.78, 5) is 39.9. The quantitative estimate of drug-likeness (QED) is 0.733. The molecule has 0 unspecified atom stereocenters. The number of anilines is 1. The summed E-state index contributed by atoms with van der Waals surface area (Å²) >= 11 is 0. The first kappa shape index (κ1) is 11.4. The largest absolute Gasteiger partial charge is 0.329 e. The average molecular weight is 258 g/mol. The maximum atomic E-state index is 12.0. The fourth-order valence-electron chi connectivity index (χ4n) is 2.17. The standard InChI is InChI=1S/C12H10N4O3/c1-7-10(16-6-9(17)14-12(16)19)11(18)13-8-4-2-3-5-15(7)8/h2-5H,6H2,1H3,(H,14,17,19). The second-order valence-electron chi connectivity index (χ2n) is 4.22. The third kappa shape index (κ3) is 1.67. The Bertz CT molecular complexity index is 765. The van der Waals surface area contributed by atoms with E-state index in [-0.39, 0.29) is 12.2 Å². The number of aromatic nitrogens is 2. The molecule has 3 heterocycles. The van der Waals surface area contributed by atoms with Gasteiger partial charge in [-0.15, -0.1) is 0 Å². The van der Waals surface area contributed by atoms with E-state index in [1.54, 1.807) is 35.7 Å². The van der Waals surface area contributed by atoms with E-state index in [0.29, 0.717) is 11.3 Å². The predicted molar refractivity (Wildman–Crippen MR) is 67.1 cm³/mol. The summed E-state index contributed by atoms with van der Waals surface area (Å²) in [5.74, 6) is -0.429. The van der Waals surface area contributed by atoms with Crippen LogP contribution >= 0.6 is 0 Å². The molecule has 7 nitrogen and oxygen atoms in total. The fraction of sp³-hybridized carbons (Fsp3) is 0.167. The van der Waals surface area contributed by atoms with Gasteiger partial charge in [0.15, 0.2) is 0 Å². The second-order valence-corrected chi connectivity index (χ2v) is 4.22. The predicted octanol–water partition coefficient (Wildman–Crippen LogP) is 0.0591. The molecule has 0 atom stereocenters. The molecule has 0 aromatic carbocycles. The molecular formula is C12H10N4O3. The maximum Gasteiger partial charge on any atom is 0.329 e. The Morgan fingerprint density at radius 1 is 1.26 bits per heavy atom. The van der Waals surface area contributed by atoms with Crippen molar-refractivity contribution in [1.82, 2.24) is 14.7 Å². The van der Waals surface area contributed by atoms with Crippen LogP contribution in [0.15, 0.2) is 29.2 Å². The van der Waals surface area contributed by atoms with Crippen molar-refractivity contribution in [1.29, 1.82) is 0 Å². The van der Waals surface area contributed by atoms with E-state index in [1.807, 2.05) is 0 Å². The Balaban J connectivity index is 2.27. The first-order chi connectivity index (χ1) is 9.08. The van der Waals surface area contributed by atoms with Crippen LogP contribution in [-0.4, -0.2) is 27.9 Å². The summed E-state index contributed by atoms with van der Waals surface area (Å²) in [6.45, 7) is 1.55. The molecule has 1 aliphatic rings. The first-order valence-corrected chi connectivity index (χ1v) is 5.67. The Hall–Kier alpha value is -2.70. The molecular weight excluding hydrogens is 248 g/mol. The number of rotatable bonds is 1. The third-order valence-corrected chi connectivity index (χ3v) is 3.02. The number of amides is 3. The lowest BCUT2D eigenvalue weighted by Gasteiger charge is -2.16. The van der Waals surface area contributed by atoms with Crippen molar-refractivity contribution in [2.75, 3.05) is 11.4 Å². The SMILES string of the molecule is Cc1c(N2CC(=O)NC2=O)c(=O)nc2ccccn12. The molecule has 2 aromatic rings. The topological polar surface area (TPSA) is 83.8 Å². The molecule has 1 saturated heterocycles. The van der Waals surface area contributed by atoms with Gasteiger partial charge in [0.2, 0.25) is 5.91 Å². The van der Waals surface area contributed by atoms with E-state index >= 15 is 0 Å². The number of nitrogens with zero attached hydrogens (tertiary/aromatic N) is 3. The van der Waals surface area contributed by atoms with Gasteiger partial charge in [-0.05, 0) is 19.1 Å². The number of aryl methyl sites for hydroxylation is 1. The van der Waals surface area contributed by atoms with E-state index < -0.39 is 17.5 Å². The summed E-state index contributed by atoms with van der Waals surface area (Å²) in [5, 5.41) is 2.14. The zero-order valence-electron chi connectivity index (χ0n) is 10.1. The number of carbonyl (C=O) groups excluding carboxylic acids is 2. The van der Waals surface area contributed by atoms with Crippen LogP contribution in [0.3, 0.4) is 0 Å². The number of hydrogen-bond acceptors (Lipinski definition) is 4. The molecule has 0 bridgehead atoms. The highest BCUT2D eigenvalue weighted by Gasteiger charge is 2.31. The van der Waals surface area contributed by atoms with E-state index in [0.717, 1.165) is 4.90 Å². The molecule has 7 heteroatoms. The lowest BCUT2D eigenvalue weighted by Crippen LogP contribution is -2.34. The molecule has 0 saturated carbocycles. The maximum absolute atomic E-state index is 12.0. The summed E-state index contributed by atoms with van der Waals surface area (Å²) in [5.41, 5.74) is 0.681. The third-order valence-electron chi connectivity index (χ3n) is 3.02. The molecule has 96 valence electrons. The van der Waals surface area contributed by atoms with Gasteiger partial charge in [-0.3, -0.25) is 19.8 Å². The fourth-order valence-corrected chi connectivity index (χ4v) is 2.17. The van der Waals surface area contributed by atoms with Gasteiger partial charge >= 0.3 is 6.03 Å². The van der Waals surface area contributed by atoms with Crippen LogP contribution in [-0.2, 0) is 4.79 Å². The number of carbonyl (C=O) groups is 2. The van der Waals surface area contributed by atoms with Gasteiger partial charge < -0.3 is 4.40 Å². The highest BCUT2D eigenvalue weighted by Crippen LogP contribution is 2.17. The van der Waals surface area contributed by atoms with Crippen molar-refractivity contribution in [2.24, 2.45) is 0 Å². The summed E-state index contributed by atoms with van der Waals surface area (Å²) < 4.78 is 1.70. The summed E-state index contributed by atoms with van der Waals surface area (Å²) in [6.07, 6.45) is 1.75.